The van der Waals surface area contributed by atoms with E-state index >= 15 is 0 Å². The zero-order valence-corrected chi connectivity index (χ0v) is 9.83. The lowest BCUT2D eigenvalue weighted by Gasteiger charge is -2.09. The molecule has 0 aromatic heterocycles. The van der Waals surface area contributed by atoms with Crippen LogP contribution < -0.4 is 16.2 Å². The van der Waals surface area contributed by atoms with Crippen LogP contribution in [0.3, 0.4) is 0 Å². The Morgan fingerprint density at radius 3 is 2.76 bits per heavy atom. The van der Waals surface area contributed by atoms with E-state index in [0.717, 1.165) is 5.56 Å². The largest absolute Gasteiger partial charge is 0.491 e. The smallest absolute Gasteiger partial charge is 0.217 e. The fourth-order valence-electron chi connectivity index (χ4n) is 1.36. The topological polar surface area (TPSA) is 78.3 Å². The average molecular weight is 240 g/mol. The van der Waals surface area contributed by atoms with Crippen LogP contribution in [0, 0.1) is 12.7 Å². The number of carbonyl (C=O) groups is 1. The van der Waals surface area contributed by atoms with Crippen LogP contribution in [0.25, 0.3) is 0 Å². The predicted molar refractivity (Wildman–Crippen MR) is 64.1 cm³/mol. The lowest BCUT2D eigenvalue weighted by Crippen LogP contribution is -2.10. The molecule has 0 fully saturated rings. The van der Waals surface area contributed by atoms with Gasteiger partial charge in [0.15, 0.2) is 11.6 Å². The standard InChI is InChI=1S/C12H17FN2O2/c1-8-6-11(9(13)7-10(8)14)17-5-3-2-4-12(15)16/h6-7H,2-5,14H2,1H3,(H2,15,16). The number of ether oxygens (including phenoxy) is 1. The summed E-state index contributed by atoms with van der Waals surface area (Å²) in [5.74, 6) is -0.613. The van der Waals surface area contributed by atoms with Gasteiger partial charge in [0, 0.05) is 18.2 Å². The van der Waals surface area contributed by atoms with Gasteiger partial charge in [0.25, 0.3) is 0 Å². The van der Waals surface area contributed by atoms with Gasteiger partial charge in [-0.15, -0.1) is 0 Å². The zero-order valence-electron chi connectivity index (χ0n) is 9.83. The first-order valence-corrected chi connectivity index (χ1v) is 5.47. The van der Waals surface area contributed by atoms with Gasteiger partial charge in [-0.1, -0.05) is 0 Å². The van der Waals surface area contributed by atoms with Gasteiger partial charge in [-0.2, -0.15) is 0 Å². The van der Waals surface area contributed by atoms with Crippen molar-refractivity contribution in [2.75, 3.05) is 12.3 Å². The van der Waals surface area contributed by atoms with Crippen molar-refractivity contribution < 1.29 is 13.9 Å². The molecule has 0 atom stereocenters. The molecule has 1 aromatic carbocycles. The van der Waals surface area contributed by atoms with Gasteiger partial charge in [-0.25, -0.2) is 4.39 Å². The molecule has 0 aliphatic heterocycles. The van der Waals surface area contributed by atoms with E-state index in [1.54, 1.807) is 13.0 Å². The Balaban J connectivity index is 2.41. The summed E-state index contributed by atoms with van der Waals surface area (Å²) >= 11 is 0. The fourth-order valence-corrected chi connectivity index (χ4v) is 1.36. The monoisotopic (exact) mass is 240 g/mol. The predicted octanol–water partition coefficient (Wildman–Crippen LogP) is 1.75. The Labute approximate surface area is 99.7 Å². The summed E-state index contributed by atoms with van der Waals surface area (Å²) in [6, 6.07) is 2.81. The van der Waals surface area contributed by atoms with E-state index < -0.39 is 5.82 Å². The number of amides is 1. The maximum absolute atomic E-state index is 13.4. The maximum atomic E-state index is 13.4. The summed E-state index contributed by atoms with van der Waals surface area (Å²) in [7, 11) is 0. The maximum Gasteiger partial charge on any atom is 0.217 e. The molecule has 5 heteroatoms. The van der Waals surface area contributed by atoms with Crippen LogP contribution in [-0.4, -0.2) is 12.5 Å². The molecular formula is C12H17FN2O2. The van der Waals surface area contributed by atoms with Crippen molar-refractivity contribution in [3.05, 3.63) is 23.5 Å². The van der Waals surface area contributed by atoms with E-state index in [0.29, 0.717) is 31.6 Å². The molecule has 4 nitrogen and oxygen atoms in total. The summed E-state index contributed by atoms with van der Waals surface area (Å²) in [5, 5.41) is 0. The summed E-state index contributed by atoms with van der Waals surface area (Å²) < 4.78 is 18.7. The highest BCUT2D eigenvalue weighted by atomic mass is 19.1. The van der Waals surface area contributed by atoms with E-state index in [-0.39, 0.29) is 11.7 Å². The third-order valence-corrected chi connectivity index (χ3v) is 2.40. The molecule has 0 bridgehead atoms. The van der Waals surface area contributed by atoms with Crippen LogP contribution in [0.2, 0.25) is 0 Å². The first-order valence-electron chi connectivity index (χ1n) is 5.47. The van der Waals surface area contributed by atoms with Gasteiger partial charge in [-0.3, -0.25) is 4.79 Å². The van der Waals surface area contributed by atoms with Gasteiger partial charge in [0.2, 0.25) is 5.91 Å². The zero-order chi connectivity index (χ0) is 12.8. The second-order valence-electron chi connectivity index (χ2n) is 3.91. The first-order chi connectivity index (χ1) is 8.00. The van der Waals surface area contributed by atoms with Crippen molar-refractivity contribution in [1.82, 2.24) is 0 Å². The molecule has 0 heterocycles. The van der Waals surface area contributed by atoms with Crippen molar-refractivity contribution in [2.24, 2.45) is 5.73 Å². The number of nitrogen functional groups attached to an aromatic ring is 1. The Hall–Kier alpha value is -1.78. The number of benzene rings is 1. The molecule has 0 unspecified atom stereocenters. The fraction of sp³-hybridized carbons (Fsp3) is 0.417. The van der Waals surface area contributed by atoms with Crippen LogP contribution in [-0.2, 0) is 4.79 Å². The Bertz CT molecular complexity index is 408. The summed E-state index contributed by atoms with van der Waals surface area (Å²) in [6.07, 6.45) is 1.63. The van der Waals surface area contributed by atoms with Crippen LogP contribution >= 0.6 is 0 Å². The number of hydrogen-bond acceptors (Lipinski definition) is 3. The van der Waals surface area contributed by atoms with Gasteiger partial charge in [-0.05, 0) is 31.4 Å². The quantitative estimate of drug-likeness (QED) is 0.587. The van der Waals surface area contributed by atoms with Crippen molar-refractivity contribution in [1.29, 1.82) is 0 Å². The second kappa shape index (κ2) is 6.08. The third kappa shape index (κ3) is 4.30. The van der Waals surface area contributed by atoms with Crippen LogP contribution in [0.4, 0.5) is 10.1 Å². The van der Waals surface area contributed by atoms with Crippen molar-refractivity contribution >= 4 is 11.6 Å². The third-order valence-electron chi connectivity index (χ3n) is 2.40. The molecule has 0 saturated heterocycles. The van der Waals surface area contributed by atoms with E-state index in [1.807, 2.05) is 0 Å². The van der Waals surface area contributed by atoms with E-state index in [9.17, 15) is 9.18 Å². The second-order valence-corrected chi connectivity index (χ2v) is 3.91. The Morgan fingerprint density at radius 1 is 1.41 bits per heavy atom. The number of rotatable bonds is 6. The number of carbonyl (C=O) groups excluding carboxylic acids is 1. The lowest BCUT2D eigenvalue weighted by molar-refractivity contribution is -0.118. The van der Waals surface area contributed by atoms with Gasteiger partial charge in [0.1, 0.15) is 0 Å². The molecular weight excluding hydrogens is 223 g/mol. The van der Waals surface area contributed by atoms with Crippen molar-refractivity contribution in [2.45, 2.75) is 26.2 Å². The molecule has 1 aromatic rings. The number of unbranched alkanes of at least 4 members (excludes halogenated alkanes) is 1. The molecule has 0 aliphatic rings. The van der Waals surface area contributed by atoms with Crippen molar-refractivity contribution in [3.8, 4) is 5.75 Å². The minimum Gasteiger partial charge on any atom is -0.491 e. The van der Waals surface area contributed by atoms with Crippen LogP contribution in [0.15, 0.2) is 12.1 Å². The normalized spacial score (nSPS) is 10.2. The van der Waals surface area contributed by atoms with Crippen molar-refractivity contribution in [3.63, 3.8) is 0 Å². The Kier molecular flexibility index (Phi) is 4.75. The number of primary amides is 1. The van der Waals surface area contributed by atoms with Gasteiger partial charge >= 0.3 is 0 Å². The molecule has 94 valence electrons. The summed E-state index contributed by atoms with van der Waals surface area (Å²) in [6.45, 7) is 2.14. The number of aryl methyl sites for hydroxylation is 1. The molecule has 0 aliphatic carbocycles. The van der Waals surface area contributed by atoms with Crippen LogP contribution in [0.5, 0.6) is 5.75 Å². The Morgan fingerprint density at radius 2 is 2.12 bits per heavy atom. The van der Waals surface area contributed by atoms with E-state index in [1.165, 1.54) is 6.07 Å². The lowest BCUT2D eigenvalue weighted by atomic mass is 10.2. The summed E-state index contributed by atoms with van der Waals surface area (Å²) in [5.41, 5.74) is 11.7. The molecule has 1 rings (SSSR count). The minimum absolute atomic E-state index is 0.191. The number of nitrogens with two attached hydrogens (primary N) is 2. The highest BCUT2D eigenvalue weighted by Crippen LogP contribution is 2.23. The molecule has 1 amide bonds. The first kappa shape index (κ1) is 13.3. The number of hydrogen-bond donors (Lipinski definition) is 2. The SMILES string of the molecule is Cc1cc(OCCCCC(N)=O)c(F)cc1N. The van der Waals surface area contributed by atoms with E-state index in [2.05, 4.69) is 0 Å². The van der Waals surface area contributed by atoms with E-state index in [4.69, 9.17) is 16.2 Å². The molecule has 4 N–H and O–H groups in total. The summed E-state index contributed by atoms with van der Waals surface area (Å²) in [4.78, 5) is 10.5. The highest BCUT2D eigenvalue weighted by molar-refractivity contribution is 5.73. The molecule has 17 heavy (non-hydrogen) atoms. The number of halogens is 1. The van der Waals surface area contributed by atoms with Gasteiger partial charge < -0.3 is 16.2 Å². The minimum atomic E-state index is -0.469. The molecule has 0 radical (unpaired) electrons. The average Bonchev–Trinajstić information content (AvgIpc) is 2.24. The molecule has 0 saturated carbocycles. The molecule has 0 spiro atoms. The number of anilines is 1. The van der Waals surface area contributed by atoms with Crippen LogP contribution in [0.1, 0.15) is 24.8 Å². The van der Waals surface area contributed by atoms with Gasteiger partial charge in [0.05, 0.1) is 6.61 Å². The highest BCUT2D eigenvalue weighted by Gasteiger charge is 2.06.